The monoisotopic (exact) mass is 282 g/mol. The lowest BCUT2D eigenvalue weighted by Gasteiger charge is -2.10. The van der Waals surface area contributed by atoms with Crippen LogP contribution < -0.4 is 5.32 Å². The number of benzene rings is 1. The summed E-state index contributed by atoms with van der Waals surface area (Å²) in [6.07, 6.45) is 0. The number of nitrogens with one attached hydrogen (secondary N) is 1. The van der Waals surface area contributed by atoms with Crippen LogP contribution in [-0.2, 0) is 0 Å². The van der Waals surface area contributed by atoms with Gasteiger partial charge in [0, 0.05) is 15.8 Å². The lowest BCUT2D eigenvalue weighted by Crippen LogP contribution is -1.93. The van der Waals surface area contributed by atoms with E-state index in [4.69, 9.17) is 28.5 Å². The van der Waals surface area contributed by atoms with Gasteiger partial charge in [-0.15, -0.1) is 11.3 Å². The Morgan fingerprint density at radius 3 is 2.71 bits per heavy atom. The van der Waals surface area contributed by atoms with Crippen molar-refractivity contribution in [2.24, 2.45) is 0 Å². The van der Waals surface area contributed by atoms with Crippen molar-refractivity contribution in [1.29, 1.82) is 5.26 Å². The van der Waals surface area contributed by atoms with E-state index in [1.165, 1.54) is 11.3 Å². The zero-order valence-electron chi connectivity index (χ0n) is 8.92. The van der Waals surface area contributed by atoms with E-state index in [2.05, 4.69) is 11.4 Å². The molecule has 0 spiro atoms. The molecule has 2 nitrogen and oxygen atoms in total. The van der Waals surface area contributed by atoms with Crippen LogP contribution in [0.3, 0.4) is 0 Å². The van der Waals surface area contributed by atoms with Gasteiger partial charge in [0.1, 0.15) is 6.07 Å². The van der Waals surface area contributed by atoms with Gasteiger partial charge in [0.05, 0.1) is 22.0 Å². The maximum Gasteiger partial charge on any atom is 0.102 e. The Bertz CT molecular complexity index is 599. The molecule has 1 heterocycles. The minimum Gasteiger partial charge on any atom is -0.353 e. The highest BCUT2D eigenvalue weighted by Gasteiger charge is 2.09. The van der Waals surface area contributed by atoms with Crippen LogP contribution in [0.1, 0.15) is 11.1 Å². The van der Waals surface area contributed by atoms with Crippen molar-refractivity contribution in [2.75, 3.05) is 5.32 Å². The molecule has 1 N–H and O–H groups in total. The van der Waals surface area contributed by atoms with Crippen LogP contribution in [0, 0.1) is 18.3 Å². The maximum atomic E-state index is 8.92. The predicted octanol–water partition coefficient (Wildman–Crippen LogP) is 4.98. The normalized spacial score (nSPS) is 10.0. The van der Waals surface area contributed by atoms with Crippen LogP contribution in [-0.4, -0.2) is 0 Å². The van der Waals surface area contributed by atoms with Crippen LogP contribution in [0.2, 0.25) is 10.0 Å². The number of hydrogen-bond donors (Lipinski definition) is 1. The van der Waals surface area contributed by atoms with E-state index in [1.54, 1.807) is 17.5 Å². The largest absolute Gasteiger partial charge is 0.353 e. The van der Waals surface area contributed by atoms with Crippen molar-refractivity contribution in [1.82, 2.24) is 0 Å². The Morgan fingerprint density at radius 1 is 1.24 bits per heavy atom. The summed E-state index contributed by atoms with van der Waals surface area (Å²) in [5.74, 6) is 0. The Kier molecular flexibility index (Phi) is 3.58. The molecular formula is C12H8Cl2N2S. The number of halogens is 2. The predicted molar refractivity (Wildman–Crippen MR) is 73.5 cm³/mol. The second-order valence-electron chi connectivity index (χ2n) is 3.47. The first-order chi connectivity index (χ1) is 8.13. The van der Waals surface area contributed by atoms with Gasteiger partial charge in [-0.2, -0.15) is 5.26 Å². The van der Waals surface area contributed by atoms with E-state index in [1.807, 2.05) is 12.3 Å². The van der Waals surface area contributed by atoms with Gasteiger partial charge in [0.25, 0.3) is 0 Å². The van der Waals surface area contributed by atoms with E-state index in [0.717, 1.165) is 16.9 Å². The van der Waals surface area contributed by atoms with Crippen LogP contribution in [0.15, 0.2) is 22.9 Å². The molecule has 0 atom stereocenters. The quantitative estimate of drug-likeness (QED) is 0.843. The van der Waals surface area contributed by atoms with Crippen molar-refractivity contribution in [3.63, 3.8) is 0 Å². The first-order valence-corrected chi connectivity index (χ1v) is 6.51. The van der Waals surface area contributed by atoms with E-state index < -0.39 is 0 Å². The highest BCUT2D eigenvalue weighted by molar-refractivity contribution is 7.08. The third-order valence-electron chi connectivity index (χ3n) is 2.37. The minimum absolute atomic E-state index is 0.576. The number of anilines is 2. The van der Waals surface area contributed by atoms with E-state index >= 15 is 0 Å². The molecule has 0 amide bonds. The molecule has 0 fully saturated rings. The van der Waals surface area contributed by atoms with Gasteiger partial charge < -0.3 is 5.32 Å². The standard InChI is InChI=1S/C12H8Cl2N2S/c1-7-9(13)2-3-10(12(7)14)16-11-6-17-5-8(11)4-15/h2-3,5-6,16H,1H3. The molecule has 2 rings (SSSR count). The zero-order valence-corrected chi connectivity index (χ0v) is 11.2. The van der Waals surface area contributed by atoms with Gasteiger partial charge in [0.2, 0.25) is 0 Å². The van der Waals surface area contributed by atoms with Crippen LogP contribution in [0.25, 0.3) is 0 Å². The molecule has 2 aromatic rings. The van der Waals surface area contributed by atoms with Gasteiger partial charge >= 0.3 is 0 Å². The van der Waals surface area contributed by atoms with Crippen LogP contribution in [0.5, 0.6) is 0 Å². The summed E-state index contributed by atoms with van der Waals surface area (Å²) < 4.78 is 0. The number of hydrogen-bond acceptors (Lipinski definition) is 3. The maximum absolute atomic E-state index is 8.92. The van der Waals surface area contributed by atoms with Gasteiger partial charge in [-0.1, -0.05) is 23.2 Å². The second kappa shape index (κ2) is 4.97. The molecule has 1 aromatic heterocycles. The third-order valence-corrected chi connectivity index (χ3v) is 4.01. The van der Waals surface area contributed by atoms with Crippen molar-refractivity contribution in [3.8, 4) is 6.07 Å². The molecular weight excluding hydrogens is 275 g/mol. The summed E-state index contributed by atoms with van der Waals surface area (Å²) in [6.45, 7) is 1.86. The molecule has 86 valence electrons. The Morgan fingerprint density at radius 2 is 2.00 bits per heavy atom. The molecule has 0 saturated heterocycles. The summed E-state index contributed by atoms with van der Waals surface area (Å²) in [5, 5.41) is 16.9. The number of rotatable bonds is 2. The molecule has 0 radical (unpaired) electrons. The second-order valence-corrected chi connectivity index (χ2v) is 5.00. The Balaban J connectivity index is 2.38. The van der Waals surface area contributed by atoms with Crippen molar-refractivity contribution < 1.29 is 0 Å². The van der Waals surface area contributed by atoms with E-state index in [9.17, 15) is 0 Å². The van der Waals surface area contributed by atoms with Gasteiger partial charge in [0.15, 0.2) is 0 Å². The lowest BCUT2D eigenvalue weighted by atomic mass is 10.2. The number of nitriles is 1. The highest BCUT2D eigenvalue weighted by atomic mass is 35.5. The molecule has 17 heavy (non-hydrogen) atoms. The third kappa shape index (κ3) is 2.39. The highest BCUT2D eigenvalue weighted by Crippen LogP contribution is 2.34. The summed E-state index contributed by atoms with van der Waals surface area (Å²) in [7, 11) is 0. The Labute approximate surface area is 113 Å². The summed E-state index contributed by atoms with van der Waals surface area (Å²) >= 11 is 13.6. The van der Waals surface area contributed by atoms with Crippen molar-refractivity contribution in [2.45, 2.75) is 6.92 Å². The smallest absolute Gasteiger partial charge is 0.102 e. The first-order valence-electron chi connectivity index (χ1n) is 4.81. The summed E-state index contributed by atoms with van der Waals surface area (Å²) in [5.41, 5.74) is 2.95. The lowest BCUT2D eigenvalue weighted by molar-refractivity contribution is 1.44. The molecule has 1 aromatic carbocycles. The molecule has 0 aliphatic heterocycles. The molecule has 0 saturated carbocycles. The van der Waals surface area contributed by atoms with Gasteiger partial charge in [-0.25, -0.2) is 0 Å². The summed E-state index contributed by atoms with van der Waals surface area (Å²) in [6, 6.07) is 5.70. The van der Waals surface area contributed by atoms with Crippen LogP contribution in [0.4, 0.5) is 11.4 Å². The molecule has 0 unspecified atom stereocenters. The van der Waals surface area contributed by atoms with E-state index in [-0.39, 0.29) is 0 Å². The SMILES string of the molecule is Cc1c(Cl)ccc(Nc2cscc2C#N)c1Cl. The van der Waals surface area contributed by atoms with Gasteiger partial charge in [-0.3, -0.25) is 0 Å². The molecule has 0 aliphatic rings. The molecule has 0 bridgehead atoms. The van der Waals surface area contributed by atoms with Crippen LogP contribution >= 0.6 is 34.5 Å². The fraction of sp³-hybridized carbons (Fsp3) is 0.0833. The number of nitrogens with zero attached hydrogens (tertiary/aromatic N) is 1. The van der Waals surface area contributed by atoms with E-state index in [0.29, 0.717) is 15.6 Å². The van der Waals surface area contributed by atoms with Crippen molar-refractivity contribution >= 4 is 45.9 Å². The molecule has 0 aliphatic carbocycles. The van der Waals surface area contributed by atoms with Gasteiger partial charge in [-0.05, 0) is 24.6 Å². The Hall–Kier alpha value is -1.21. The average molecular weight is 283 g/mol. The minimum atomic E-state index is 0.576. The average Bonchev–Trinajstić information content (AvgIpc) is 2.77. The summed E-state index contributed by atoms with van der Waals surface area (Å²) in [4.78, 5) is 0. The topological polar surface area (TPSA) is 35.8 Å². The number of thiophene rings is 1. The fourth-order valence-electron chi connectivity index (χ4n) is 1.38. The first kappa shape index (κ1) is 12.3. The molecule has 5 heteroatoms. The zero-order chi connectivity index (χ0) is 12.4. The van der Waals surface area contributed by atoms with Crippen molar-refractivity contribution in [3.05, 3.63) is 44.1 Å². The fourth-order valence-corrected chi connectivity index (χ4v) is 2.51.